The van der Waals surface area contributed by atoms with Gasteiger partial charge < -0.3 is 25.4 Å². The molecule has 3 rings (SSSR count). The topological polar surface area (TPSA) is 67.4 Å². The van der Waals surface area contributed by atoms with E-state index < -0.39 is 5.95 Å². The summed E-state index contributed by atoms with van der Waals surface area (Å²) in [7, 11) is 0. The van der Waals surface area contributed by atoms with E-state index in [1.807, 2.05) is 6.92 Å². The summed E-state index contributed by atoms with van der Waals surface area (Å²) in [6.45, 7) is 5.66. The van der Waals surface area contributed by atoms with Crippen LogP contribution in [0.1, 0.15) is 32.6 Å². The Bertz CT molecular complexity index is 532. The number of aromatic nitrogens is 1. The van der Waals surface area contributed by atoms with Crippen LogP contribution in [0.3, 0.4) is 0 Å². The Balaban J connectivity index is 1.72. The largest absolute Gasteiger partial charge is 0.485 e. The molecular weight excluding hydrogens is 311 g/mol. The van der Waals surface area contributed by atoms with Crippen molar-refractivity contribution in [3.8, 4) is 11.6 Å². The first-order chi connectivity index (χ1) is 11.8. The zero-order chi connectivity index (χ0) is 16.8. The van der Waals surface area contributed by atoms with Gasteiger partial charge in [0.15, 0.2) is 0 Å². The van der Waals surface area contributed by atoms with Gasteiger partial charge in [-0.2, -0.15) is 9.37 Å². The molecule has 2 aliphatic rings. The number of halogens is 1. The first kappa shape index (κ1) is 17.2. The number of anilines is 1. The minimum absolute atomic E-state index is 0.234. The highest BCUT2D eigenvalue weighted by Gasteiger charge is 2.21. The van der Waals surface area contributed by atoms with Crippen molar-refractivity contribution in [3.63, 3.8) is 0 Å². The monoisotopic (exact) mass is 338 g/mol. The van der Waals surface area contributed by atoms with Gasteiger partial charge >= 0.3 is 0 Å². The maximum atomic E-state index is 13.9. The molecule has 0 saturated carbocycles. The van der Waals surface area contributed by atoms with Crippen LogP contribution in [-0.2, 0) is 0 Å². The van der Waals surface area contributed by atoms with Crippen LogP contribution < -0.4 is 25.4 Å². The highest BCUT2D eigenvalue weighted by atomic mass is 19.1. The van der Waals surface area contributed by atoms with Crippen LogP contribution in [0.2, 0.25) is 0 Å². The lowest BCUT2D eigenvalue weighted by Crippen LogP contribution is -2.30. The normalized spacial score (nSPS) is 23.4. The van der Waals surface area contributed by atoms with Gasteiger partial charge in [-0.05, 0) is 45.7 Å². The lowest BCUT2D eigenvalue weighted by atomic mass is 10.2. The Morgan fingerprint density at radius 1 is 1.17 bits per heavy atom. The molecule has 0 amide bonds. The Morgan fingerprint density at radius 2 is 1.83 bits per heavy atom. The molecular formula is C17H27FN4O2. The maximum Gasteiger partial charge on any atom is 0.262 e. The van der Waals surface area contributed by atoms with E-state index in [1.165, 1.54) is 6.07 Å². The minimum atomic E-state index is -0.563. The van der Waals surface area contributed by atoms with Crippen molar-refractivity contribution in [3.05, 3.63) is 12.0 Å². The van der Waals surface area contributed by atoms with E-state index in [1.54, 1.807) is 0 Å². The zero-order valence-electron chi connectivity index (χ0n) is 14.2. The van der Waals surface area contributed by atoms with Crippen molar-refractivity contribution in [2.75, 3.05) is 38.2 Å². The molecule has 1 aromatic heterocycles. The fourth-order valence-corrected chi connectivity index (χ4v) is 3.20. The molecule has 3 heterocycles. The van der Waals surface area contributed by atoms with Gasteiger partial charge in [0.05, 0.1) is 5.69 Å². The van der Waals surface area contributed by atoms with Crippen LogP contribution in [0, 0.1) is 5.95 Å². The molecule has 2 aliphatic heterocycles. The summed E-state index contributed by atoms with van der Waals surface area (Å²) in [4.78, 5) is 3.92. The third-order valence-corrected chi connectivity index (χ3v) is 4.45. The van der Waals surface area contributed by atoms with Gasteiger partial charge in [-0.3, -0.25) is 0 Å². The minimum Gasteiger partial charge on any atom is -0.485 e. The summed E-state index contributed by atoms with van der Waals surface area (Å²) < 4.78 is 25.6. The molecule has 134 valence electrons. The molecule has 0 aromatic carbocycles. The van der Waals surface area contributed by atoms with Crippen LogP contribution in [0.4, 0.5) is 10.1 Å². The second-order valence-electron chi connectivity index (χ2n) is 6.37. The zero-order valence-corrected chi connectivity index (χ0v) is 14.2. The number of nitrogens with one attached hydrogen (secondary N) is 3. The smallest absolute Gasteiger partial charge is 0.262 e. The van der Waals surface area contributed by atoms with Crippen molar-refractivity contribution in [2.24, 2.45) is 0 Å². The molecule has 0 unspecified atom stereocenters. The number of rotatable bonds is 8. The number of hydrogen-bond donors (Lipinski definition) is 3. The highest BCUT2D eigenvalue weighted by Crippen LogP contribution is 2.35. The van der Waals surface area contributed by atoms with E-state index in [-0.39, 0.29) is 5.88 Å². The second kappa shape index (κ2) is 8.48. The van der Waals surface area contributed by atoms with E-state index in [4.69, 9.17) is 9.47 Å². The summed E-state index contributed by atoms with van der Waals surface area (Å²) in [6, 6.07) is 1.98. The molecule has 0 aliphatic carbocycles. The molecule has 0 bridgehead atoms. The van der Waals surface area contributed by atoms with Crippen LogP contribution >= 0.6 is 0 Å². The number of nitrogens with zero attached hydrogens (tertiary/aromatic N) is 1. The SMILES string of the molecule is CCNc1cc(F)nc(OC[C@H]2CCCN2)c1OC[C@H]1CCCN1. The summed E-state index contributed by atoms with van der Waals surface area (Å²) in [5.74, 6) is 0.175. The van der Waals surface area contributed by atoms with E-state index in [9.17, 15) is 4.39 Å². The Hall–Kier alpha value is -1.60. The molecule has 0 radical (unpaired) electrons. The summed E-state index contributed by atoms with van der Waals surface area (Å²) in [5, 5.41) is 9.90. The predicted octanol–water partition coefficient (Wildman–Crippen LogP) is 1.91. The average Bonchev–Trinajstić information content (AvgIpc) is 3.26. The van der Waals surface area contributed by atoms with Gasteiger partial charge in [0.1, 0.15) is 13.2 Å². The third-order valence-electron chi connectivity index (χ3n) is 4.45. The molecule has 1 aromatic rings. The molecule has 3 N–H and O–H groups in total. The van der Waals surface area contributed by atoms with Crippen LogP contribution in [0.15, 0.2) is 6.07 Å². The van der Waals surface area contributed by atoms with Crippen molar-refractivity contribution < 1.29 is 13.9 Å². The van der Waals surface area contributed by atoms with Gasteiger partial charge in [-0.15, -0.1) is 0 Å². The Morgan fingerprint density at radius 3 is 2.42 bits per heavy atom. The predicted molar refractivity (Wildman–Crippen MR) is 91.4 cm³/mol. The van der Waals surface area contributed by atoms with Crippen molar-refractivity contribution in [2.45, 2.75) is 44.7 Å². The first-order valence-corrected chi connectivity index (χ1v) is 8.93. The third kappa shape index (κ3) is 4.48. The van der Waals surface area contributed by atoms with Crippen molar-refractivity contribution in [1.82, 2.24) is 15.6 Å². The van der Waals surface area contributed by atoms with Crippen LogP contribution in [0.5, 0.6) is 11.6 Å². The fraction of sp³-hybridized carbons (Fsp3) is 0.706. The van der Waals surface area contributed by atoms with Gasteiger partial charge in [0, 0.05) is 24.7 Å². The fourth-order valence-electron chi connectivity index (χ4n) is 3.20. The van der Waals surface area contributed by atoms with E-state index in [2.05, 4.69) is 20.9 Å². The second-order valence-corrected chi connectivity index (χ2v) is 6.37. The molecule has 2 saturated heterocycles. The quantitative estimate of drug-likeness (QED) is 0.629. The Kier molecular flexibility index (Phi) is 6.09. The molecule has 24 heavy (non-hydrogen) atoms. The van der Waals surface area contributed by atoms with E-state index in [0.29, 0.717) is 43.3 Å². The highest BCUT2D eigenvalue weighted by molar-refractivity contribution is 5.60. The number of hydrogen-bond acceptors (Lipinski definition) is 6. The summed E-state index contributed by atoms with van der Waals surface area (Å²) in [6.07, 6.45) is 4.46. The number of ether oxygens (including phenoxy) is 2. The van der Waals surface area contributed by atoms with Gasteiger partial charge in [-0.25, -0.2) is 0 Å². The lowest BCUT2D eigenvalue weighted by Gasteiger charge is -2.19. The first-order valence-electron chi connectivity index (χ1n) is 8.93. The Labute approximate surface area is 142 Å². The van der Waals surface area contributed by atoms with Gasteiger partial charge in [0.25, 0.3) is 5.88 Å². The average molecular weight is 338 g/mol. The van der Waals surface area contributed by atoms with Crippen molar-refractivity contribution in [1.29, 1.82) is 0 Å². The lowest BCUT2D eigenvalue weighted by molar-refractivity contribution is 0.226. The summed E-state index contributed by atoms with van der Waals surface area (Å²) >= 11 is 0. The standard InChI is InChI=1S/C17H27FN4O2/c1-2-19-14-9-15(18)22-17(24-11-13-6-4-8-21-13)16(14)23-10-12-5-3-7-20-12/h9,12-13,20-21H,2-8,10-11H2,1H3,(H,19,22)/t12-,13-/m1/s1. The molecule has 6 nitrogen and oxygen atoms in total. The van der Waals surface area contributed by atoms with Crippen molar-refractivity contribution >= 4 is 5.69 Å². The molecule has 2 atom stereocenters. The summed E-state index contributed by atoms with van der Waals surface area (Å²) in [5.41, 5.74) is 0.595. The molecule has 0 spiro atoms. The molecule has 2 fully saturated rings. The van der Waals surface area contributed by atoms with Gasteiger partial charge in [-0.1, -0.05) is 0 Å². The van der Waals surface area contributed by atoms with E-state index in [0.717, 1.165) is 38.8 Å². The number of pyridine rings is 1. The van der Waals surface area contributed by atoms with Crippen LogP contribution in [0.25, 0.3) is 0 Å². The van der Waals surface area contributed by atoms with Crippen LogP contribution in [-0.4, -0.2) is 49.9 Å². The van der Waals surface area contributed by atoms with Gasteiger partial charge in [0.2, 0.25) is 11.7 Å². The molecule has 7 heteroatoms. The maximum absolute atomic E-state index is 13.9. The van der Waals surface area contributed by atoms with E-state index >= 15 is 0 Å².